The van der Waals surface area contributed by atoms with E-state index >= 15 is 0 Å². The number of likely N-dealkylation sites (N-methyl/N-ethyl adjacent to an activating group) is 1. The first-order chi connectivity index (χ1) is 20.4. The molecule has 3 aromatic heterocycles. The van der Waals surface area contributed by atoms with Gasteiger partial charge >= 0.3 is 6.18 Å². The second kappa shape index (κ2) is 12.1. The first-order valence-corrected chi connectivity index (χ1v) is 13.9. The average molecular weight is 623 g/mol. The molecule has 0 radical (unpaired) electrons. The van der Waals surface area contributed by atoms with E-state index in [9.17, 15) is 35.9 Å². The molecule has 43 heavy (non-hydrogen) atoms. The van der Waals surface area contributed by atoms with Crippen LogP contribution in [0.5, 0.6) is 0 Å². The minimum Gasteiger partial charge on any atom is -0.356 e. The Morgan fingerprint density at radius 3 is 2.56 bits per heavy atom. The SMILES string of the molecule is CN1CC(CC(F)(F)F)c2[nH]c(-c3ccnc(NC(=O)C(CC(F)F)c4ccc(F)cc4)c3)c(Nc3cscn3)c2C1=O. The zero-order chi connectivity index (χ0) is 30.9. The lowest BCUT2D eigenvalue weighted by atomic mass is 9.92. The molecule has 1 aromatic carbocycles. The highest BCUT2D eigenvalue weighted by Crippen LogP contribution is 2.44. The van der Waals surface area contributed by atoms with Crippen LogP contribution in [0.1, 0.15) is 46.3 Å². The minimum atomic E-state index is -4.50. The molecule has 0 fully saturated rings. The zero-order valence-corrected chi connectivity index (χ0v) is 23.2. The molecule has 0 spiro atoms. The fourth-order valence-electron chi connectivity index (χ4n) is 5.07. The molecular weight excluding hydrogens is 598 g/mol. The van der Waals surface area contributed by atoms with Gasteiger partial charge in [0, 0.05) is 48.8 Å². The van der Waals surface area contributed by atoms with Gasteiger partial charge < -0.3 is 20.5 Å². The van der Waals surface area contributed by atoms with Gasteiger partial charge in [0.1, 0.15) is 17.5 Å². The normalized spacial score (nSPS) is 15.9. The Morgan fingerprint density at radius 2 is 1.91 bits per heavy atom. The number of aromatic nitrogens is 3. The Labute approximate surface area is 245 Å². The summed E-state index contributed by atoms with van der Waals surface area (Å²) in [5.74, 6) is -3.97. The van der Waals surface area contributed by atoms with Crippen LogP contribution in [0.4, 0.5) is 43.7 Å². The number of hydrogen-bond donors (Lipinski definition) is 3. The van der Waals surface area contributed by atoms with Gasteiger partial charge in [0.2, 0.25) is 12.3 Å². The number of nitrogens with one attached hydrogen (secondary N) is 3. The Morgan fingerprint density at radius 1 is 1.16 bits per heavy atom. The number of fused-ring (bicyclic) bond motifs is 1. The van der Waals surface area contributed by atoms with Gasteiger partial charge in [-0.15, -0.1) is 11.3 Å². The Kier molecular flexibility index (Phi) is 8.44. The highest BCUT2D eigenvalue weighted by molar-refractivity contribution is 7.07. The Bertz CT molecular complexity index is 1610. The summed E-state index contributed by atoms with van der Waals surface area (Å²) in [5, 5.41) is 7.20. The average Bonchev–Trinajstić information content (AvgIpc) is 3.59. The third kappa shape index (κ3) is 6.82. The number of nitrogens with zero attached hydrogens (tertiary/aromatic N) is 3. The van der Waals surface area contributed by atoms with Gasteiger partial charge in [-0.25, -0.2) is 23.1 Å². The van der Waals surface area contributed by atoms with E-state index in [0.29, 0.717) is 11.4 Å². The standard InChI is InChI=1S/C28H24F6N6O2S/c1-40-11-16(10-28(32,33)34)23-22(27(40)42)25(37-21-12-43-13-36-21)24(39-23)15-6-7-35-20(8-15)38-26(41)18(9-19(30)31)14-2-4-17(29)5-3-14/h2-8,12-13,16,18-19,37,39H,9-11H2,1H3,(H,35,38,41). The second-order valence-electron chi connectivity index (χ2n) is 10.0. The smallest absolute Gasteiger partial charge is 0.356 e. The van der Waals surface area contributed by atoms with E-state index in [4.69, 9.17) is 0 Å². The number of halogens is 6. The van der Waals surface area contributed by atoms with E-state index in [0.717, 1.165) is 12.1 Å². The molecule has 0 saturated heterocycles. The molecule has 0 saturated carbocycles. The predicted molar refractivity (Wildman–Crippen MR) is 148 cm³/mol. The monoisotopic (exact) mass is 622 g/mol. The van der Waals surface area contributed by atoms with Crippen molar-refractivity contribution in [2.24, 2.45) is 0 Å². The highest BCUT2D eigenvalue weighted by atomic mass is 32.1. The van der Waals surface area contributed by atoms with Gasteiger partial charge in [0.05, 0.1) is 34.8 Å². The third-order valence-electron chi connectivity index (χ3n) is 6.96. The van der Waals surface area contributed by atoms with Crippen molar-refractivity contribution in [2.45, 2.75) is 37.3 Å². The van der Waals surface area contributed by atoms with Crippen molar-refractivity contribution in [3.8, 4) is 11.3 Å². The number of alkyl halides is 5. The number of pyridine rings is 1. The maximum Gasteiger partial charge on any atom is 0.389 e. The number of aromatic amines is 1. The highest BCUT2D eigenvalue weighted by Gasteiger charge is 2.41. The second-order valence-corrected chi connectivity index (χ2v) is 10.7. The molecule has 1 aliphatic rings. The largest absolute Gasteiger partial charge is 0.389 e. The topological polar surface area (TPSA) is 103 Å². The lowest BCUT2D eigenvalue weighted by molar-refractivity contribution is -0.139. The van der Waals surface area contributed by atoms with Crippen LogP contribution in [0.15, 0.2) is 53.5 Å². The summed E-state index contributed by atoms with van der Waals surface area (Å²) >= 11 is 1.27. The van der Waals surface area contributed by atoms with Gasteiger partial charge in [0.25, 0.3) is 5.91 Å². The fraction of sp³-hybridized carbons (Fsp3) is 0.286. The molecule has 8 nitrogen and oxygen atoms in total. The summed E-state index contributed by atoms with van der Waals surface area (Å²) in [5.41, 5.74) is 2.62. The van der Waals surface area contributed by atoms with E-state index in [1.165, 1.54) is 53.7 Å². The van der Waals surface area contributed by atoms with Crippen molar-refractivity contribution >= 4 is 40.5 Å². The molecule has 4 heterocycles. The van der Waals surface area contributed by atoms with Gasteiger partial charge in [-0.1, -0.05) is 12.1 Å². The van der Waals surface area contributed by atoms with Crippen LogP contribution in [0.2, 0.25) is 0 Å². The summed E-state index contributed by atoms with van der Waals surface area (Å²) in [6.45, 7) is -0.159. The lowest BCUT2D eigenvalue weighted by Gasteiger charge is -2.30. The van der Waals surface area contributed by atoms with Crippen LogP contribution in [-0.2, 0) is 4.79 Å². The number of hydrogen-bond acceptors (Lipinski definition) is 6. The fourth-order valence-corrected chi connectivity index (χ4v) is 5.55. The molecular formula is C28H24F6N6O2S. The Balaban J connectivity index is 1.53. The number of amides is 2. The molecule has 0 aliphatic carbocycles. The first-order valence-electron chi connectivity index (χ1n) is 12.9. The van der Waals surface area contributed by atoms with Crippen LogP contribution < -0.4 is 10.6 Å². The van der Waals surface area contributed by atoms with Crippen LogP contribution in [0.25, 0.3) is 11.3 Å². The summed E-state index contributed by atoms with van der Waals surface area (Å²) < 4.78 is 80.6. The first kappa shape index (κ1) is 30.1. The van der Waals surface area contributed by atoms with E-state index in [2.05, 4.69) is 25.6 Å². The van der Waals surface area contributed by atoms with Crippen molar-refractivity contribution in [2.75, 3.05) is 24.2 Å². The van der Waals surface area contributed by atoms with Crippen molar-refractivity contribution in [1.29, 1.82) is 0 Å². The van der Waals surface area contributed by atoms with Gasteiger partial charge in [-0.2, -0.15) is 13.2 Å². The molecule has 2 unspecified atom stereocenters. The maximum absolute atomic E-state index is 13.5. The minimum absolute atomic E-state index is 0.0294. The van der Waals surface area contributed by atoms with Gasteiger partial charge in [-0.05, 0) is 29.8 Å². The number of carbonyl (C=O) groups excluding carboxylic acids is 2. The number of H-pyrrole nitrogens is 1. The summed E-state index contributed by atoms with van der Waals surface area (Å²) in [6, 6.07) is 7.54. The van der Waals surface area contributed by atoms with Crippen LogP contribution in [-0.4, -0.2) is 57.9 Å². The molecule has 5 rings (SSSR count). The van der Waals surface area contributed by atoms with E-state index < -0.39 is 54.9 Å². The number of anilines is 3. The van der Waals surface area contributed by atoms with Gasteiger partial charge in [-0.3, -0.25) is 9.59 Å². The zero-order valence-electron chi connectivity index (χ0n) is 22.4. The van der Waals surface area contributed by atoms with E-state index in [1.807, 2.05) is 0 Å². The number of benzene rings is 1. The molecule has 2 atom stereocenters. The summed E-state index contributed by atoms with van der Waals surface area (Å²) in [6.07, 6.45) is -7.99. The quantitative estimate of drug-likeness (QED) is 0.176. The van der Waals surface area contributed by atoms with Crippen molar-refractivity contribution < 1.29 is 35.9 Å². The summed E-state index contributed by atoms with van der Waals surface area (Å²) in [7, 11) is 1.42. The molecule has 4 aromatic rings. The van der Waals surface area contributed by atoms with Crippen LogP contribution >= 0.6 is 11.3 Å². The van der Waals surface area contributed by atoms with E-state index in [1.54, 1.807) is 10.9 Å². The van der Waals surface area contributed by atoms with E-state index in [-0.39, 0.29) is 40.6 Å². The maximum atomic E-state index is 13.5. The molecule has 2 amide bonds. The molecule has 1 aliphatic heterocycles. The number of rotatable bonds is 9. The lowest BCUT2D eigenvalue weighted by Crippen LogP contribution is -2.38. The molecule has 0 bridgehead atoms. The van der Waals surface area contributed by atoms with Crippen LogP contribution in [0.3, 0.4) is 0 Å². The number of thiazole rings is 1. The Hall–Kier alpha value is -4.40. The third-order valence-corrected chi connectivity index (χ3v) is 7.54. The van der Waals surface area contributed by atoms with Crippen molar-refractivity contribution in [3.05, 3.63) is 76.1 Å². The van der Waals surface area contributed by atoms with Crippen molar-refractivity contribution in [3.63, 3.8) is 0 Å². The van der Waals surface area contributed by atoms with Crippen molar-refractivity contribution in [1.82, 2.24) is 19.9 Å². The van der Waals surface area contributed by atoms with Crippen LogP contribution in [0, 0.1) is 5.82 Å². The van der Waals surface area contributed by atoms with Gasteiger partial charge in [0.15, 0.2) is 0 Å². The summed E-state index contributed by atoms with van der Waals surface area (Å²) in [4.78, 5) is 38.9. The molecule has 226 valence electrons. The predicted octanol–water partition coefficient (Wildman–Crippen LogP) is 6.92. The molecule has 15 heteroatoms. The molecule has 3 N–H and O–H groups in total. The number of carbonyl (C=O) groups is 2.